The third kappa shape index (κ3) is 5.38. The molecule has 29 heavy (non-hydrogen) atoms. The molecule has 1 atom stereocenters. The van der Waals surface area contributed by atoms with Gasteiger partial charge < -0.3 is 5.32 Å². The molecule has 1 amide bonds. The van der Waals surface area contributed by atoms with Gasteiger partial charge in [0.15, 0.2) is 0 Å². The van der Waals surface area contributed by atoms with Gasteiger partial charge in [0.05, 0.1) is 11.9 Å². The summed E-state index contributed by atoms with van der Waals surface area (Å²) in [6, 6.07) is 10.7. The van der Waals surface area contributed by atoms with Crippen molar-refractivity contribution in [2.24, 2.45) is 0 Å². The lowest BCUT2D eigenvalue weighted by Crippen LogP contribution is -2.47. The molecule has 0 radical (unpaired) electrons. The van der Waals surface area contributed by atoms with Crippen LogP contribution in [-0.4, -0.2) is 26.6 Å². The summed E-state index contributed by atoms with van der Waals surface area (Å²) in [5, 5.41) is 3.04. The SMILES string of the molecule is CCc1cccc(CC)c1NC(=O)[C@@H](CC)N(c1cc(C)cc(C)c1)S(C)(=O)=O. The van der Waals surface area contributed by atoms with Crippen LogP contribution >= 0.6 is 0 Å². The van der Waals surface area contributed by atoms with Gasteiger partial charge in [0, 0.05) is 5.69 Å². The summed E-state index contributed by atoms with van der Waals surface area (Å²) in [6.45, 7) is 9.75. The van der Waals surface area contributed by atoms with Crippen molar-refractivity contribution in [3.05, 3.63) is 58.7 Å². The molecule has 0 spiro atoms. The summed E-state index contributed by atoms with van der Waals surface area (Å²) >= 11 is 0. The second-order valence-electron chi connectivity index (χ2n) is 7.48. The Morgan fingerprint density at radius 2 is 1.52 bits per heavy atom. The summed E-state index contributed by atoms with van der Waals surface area (Å²) in [5.74, 6) is -0.312. The van der Waals surface area contributed by atoms with Crippen LogP contribution in [-0.2, 0) is 27.7 Å². The highest BCUT2D eigenvalue weighted by molar-refractivity contribution is 7.92. The number of nitrogens with zero attached hydrogens (tertiary/aromatic N) is 1. The highest BCUT2D eigenvalue weighted by atomic mass is 32.2. The van der Waals surface area contributed by atoms with Gasteiger partial charge in [-0.2, -0.15) is 0 Å². The third-order valence-electron chi connectivity index (χ3n) is 5.04. The number of hydrogen-bond acceptors (Lipinski definition) is 3. The number of nitrogens with one attached hydrogen (secondary N) is 1. The summed E-state index contributed by atoms with van der Waals surface area (Å²) in [5.41, 5.74) is 5.32. The number of carbonyl (C=O) groups excluding carboxylic acids is 1. The molecule has 2 rings (SSSR count). The molecule has 0 aliphatic rings. The van der Waals surface area contributed by atoms with Crippen LogP contribution in [0.25, 0.3) is 0 Å². The van der Waals surface area contributed by atoms with Crippen LogP contribution in [0.3, 0.4) is 0 Å². The van der Waals surface area contributed by atoms with Crippen molar-refractivity contribution in [2.75, 3.05) is 15.9 Å². The highest BCUT2D eigenvalue weighted by Crippen LogP contribution is 2.27. The minimum Gasteiger partial charge on any atom is -0.324 e. The van der Waals surface area contributed by atoms with Crippen molar-refractivity contribution >= 4 is 27.3 Å². The van der Waals surface area contributed by atoms with E-state index < -0.39 is 16.1 Å². The average Bonchev–Trinajstić information content (AvgIpc) is 2.63. The zero-order valence-corrected chi connectivity index (χ0v) is 19.1. The maximum atomic E-state index is 13.3. The Kier molecular flexibility index (Phi) is 7.47. The Bertz CT molecular complexity index is 941. The molecule has 0 unspecified atom stereocenters. The first-order valence-electron chi connectivity index (χ1n) is 10.1. The average molecular weight is 417 g/mol. The van der Waals surface area contributed by atoms with E-state index in [1.165, 1.54) is 4.31 Å². The minimum absolute atomic E-state index is 0.312. The lowest BCUT2D eigenvalue weighted by atomic mass is 10.0. The van der Waals surface area contributed by atoms with Crippen LogP contribution < -0.4 is 9.62 Å². The highest BCUT2D eigenvalue weighted by Gasteiger charge is 2.32. The Morgan fingerprint density at radius 1 is 1.00 bits per heavy atom. The Labute approximate surface area is 175 Å². The van der Waals surface area contributed by atoms with E-state index >= 15 is 0 Å². The number of benzene rings is 2. The first-order chi connectivity index (χ1) is 13.6. The van der Waals surface area contributed by atoms with E-state index in [4.69, 9.17) is 0 Å². The quantitative estimate of drug-likeness (QED) is 0.683. The Hall–Kier alpha value is -2.34. The zero-order chi connectivity index (χ0) is 21.8. The fourth-order valence-corrected chi connectivity index (χ4v) is 4.94. The Balaban J connectivity index is 2.50. The van der Waals surface area contributed by atoms with E-state index in [0.717, 1.165) is 47.0 Å². The molecular weight excluding hydrogens is 384 g/mol. The van der Waals surface area contributed by atoms with Gasteiger partial charge in [-0.15, -0.1) is 0 Å². The lowest BCUT2D eigenvalue weighted by Gasteiger charge is -2.31. The fourth-order valence-electron chi connectivity index (χ4n) is 3.75. The molecule has 0 aliphatic carbocycles. The molecular formula is C23H32N2O3S. The van der Waals surface area contributed by atoms with Gasteiger partial charge in [0.25, 0.3) is 0 Å². The number of para-hydroxylation sites is 1. The molecule has 0 heterocycles. The van der Waals surface area contributed by atoms with Crippen molar-refractivity contribution in [1.29, 1.82) is 0 Å². The first kappa shape index (κ1) is 22.9. The predicted molar refractivity (Wildman–Crippen MR) is 121 cm³/mol. The smallest absolute Gasteiger partial charge is 0.248 e. The molecule has 5 nitrogen and oxygen atoms in total. The number of sulfonamides is 1. The maximum Gasteiger partial charge on any atom is 0.248 e. The van der Waals surface area contributed by atoms with Gasteiger partial charge in [-0.1, -0.05) is 45.0 Å². The molecule has 0 bridgehead atoms. The van der Waals surface area contributed by atoms with E-state index in [0.29, 0.717) is 12.1 Å². The van der Waals surface area contributed by atoms with Crippen molar-refractivity contribution in [2.45, 2.75) is 59.9 Å². The van der Waals surface area contributed by atoms with Gasteiger partial charge in [0.1, 0.15) is 6.04 Å². The van der Waals surface area contributed by atoms with E-state index in [1.807, 2.05) is 58.9 Å². The standard InChI is InChI=1S/C23H32N2O3S/c1-7-18-11-10-12-19(8-2)22(18)24-23(26)21(9-3)25(29(6,27)28)20-14-16(4)13-17(5)15-20/h10-15,21H,7-9H2,1-6H3,(H,24,26)/t21-/m1/s1. The van der Waals surface area contributed by atoms with Crippen LogP contribution in [0.2, 0.25) is 0 Å². The van der Waals surface area contributed by atoms with Crippen LogP contribution in [0.5, 0.6) is 0 Å². The van der Waals surface area contributed by atoms with Crippen molar-refractivity contribution in [3.63, 3.8) is 0 Å². The number of hydrogen-bond donors (Lipinski definition) is 1. The van der Waals surface area contributed by atoms with Crippen molar-refractivity contribution in [3.8, 4) is 0 Å². The number of rotatable bonds is 8. The van der Waals surface area contributed by atoms with Crippen molar-refractivity contribution < 1.29 is 13.2 Å². The summed E-state index contributed by atoms with van der Waals surface area (Å²) in [7, 11) is -3.66. The van der Waals surface area contributed by atoms with Gasteiger partial charge >= 0.3 is 0 Å². The normalized spacial score (nSPS) is 12.5. The van der Waals surface area contributed by atoms with Crippen LogP contribution in [0.4, 0.5) is 11.4 Å². The molecule has 158 valence electrons. The second-order valence-corrected chi connectivity index (χ2v) is 9.34. The monoisotopic (exact) mass is 416 g/mol. The second kappa shape index (κ2) is 9.44. The zero-order valence-electron chi connectivity index (χ0n) is 18.2. The summed E-state index contributed by atoms with van der Waals surface area (Å²) in [6.07, 6.45) is 3.08. The van der Waals surface area contributed by atoms with E-state index in [9.17, 15) is 13.2 Å². The largest absolute Gasteiger partial charge is 0.324 e. The Morgan fingerprint density at radius 3 is 1.93 bits per heavy atom. The number of aryl methyl sites for hydroxylation is 4. The fraction of sp³-hybridized carbons (Fsp3) is 0.435. The molecule has 0 saturated heterocycles. The molecule has 1 N–H and O–H groups in total. The van der Waals surface area contributed by atoms with Gasteiger partial charge in [-0.05, 0) is 67.5 Å². The third-order valence-corrected chi connectivity index (χ3v) is 6.22. The number of anilines is 2. The molecule has 0 aromatic heterocycles. The topological polar surface area (TPSA) is 66.5 Å². The molecule has 2 aromatic carbocycles. The predicted octanol–water partition coefficient (Wildman–Crippen LogP) is 4.61. The molecule has 2 aromatic rings. The maximum absolute atomic E-state index is 13.3. The van der Waals surface area contributed by atoms with Crippen LogP contribution in [0.15, 0.2) is 36.4 Å². The number of carbonyl (C=O) groups is 1. The van der Waals surface area contributed by atoms with Crippen molar-refractivity contribution in [1.82, 2.24) is 0 Å². The van der Waals surface area contributed by atoms with E-state index in [-0.39, 0.29) is 5.91 Å². The van der Waals surface area contributed by atoms with Gasteiger partial charge in [-0.25, -0.2) is 8.42 Å². The molecule has 6 heteroatoms. The molecule has 0 saturated carbocycles. The van der Waals surface area contributed by atoms with Gasteiger partial charge in [0.2, 0.25) is 15.9 Å². The van der Waals surface area contributed by atoms with Crippen LogP contribution in [0, 0.1) is 13.8 Å². The lowest BCUT2D eigenvalue weighted by molar-refractivity contribution is -0.117. The number of amides is 1. The summed E-state index contributed by atoms with van der Waals surface area (Å²) in [4.78, 5) is 13.3. The van der Waals surface area contributed by atoms with Gasteiger partial charge in [-0.3, -0.25) is 9.10 Å². The molecule has 0 fully saturated rings. The molecule has 0 aliphatic heterocycles. The first-order valence-corrected chi connectivity index (χ1v) is 12.0. The van der Waals surface area contributed by atoms with Crippen LogP contribution in [0.1, 0.15) is 49.4 Å². The minimum atomic E-state index is -3.66. The van der Waals surface area contributed by atoms with E-state index in [1.54, 1.807) is 12.1 Å². The summed E-state index contributed by atoms with van der Waals surface area (Å²) < 4.78 is 26.7. The van der Waals surface area contributed by atoms with E-state index in [2.05, 4.69) is 5.32 Å².